The first-order chi connectivity index (χ1) is 14.6. The predicted octanol–water partition coefficient (Wildman–Crippen LogP) is 3.05. The zero-order valence-corrected chi connectivity index (χ0v) is 17.8. The van der Waals surface area contributed by atoms with E-state index < -0.39 is 5.60 Å². The maximum absolute atomic E-state index is 12.9. The van der Waals surface area contributed by atoms with Gasteiger partial charge in [-0.1, -0.05) is 18.2 Å². The van der Waals surface area contributed by atoms with Gasteiger partial charge >= 0.3 is 0 Å². The van der Waals surface area contributed by atoms with Gasteiger partial charge in [0.25, 0.3) is 5.91 Å². The van der Waals surface area contributed by atoms with Gasteiger partial charge in [0.05, 0.1) is 24.0 Å². The molecule has 3 aromatic rings. The second-order valence-corrected chi connectivity index (χ2v) is 8.92. The van der Waals surface area contributed by atoms with E-state index in [4.69, 9.17) is 15.6 Å². The molecule has 7 nitrogen and oxygen atoms in total. The van der Waals surface area contributed by atoms with Gasteiger partial charge in [0.15, 0.2) is 0 Å². The highest BCUT2D eigenvalue weighted by molar-refractivity contribution is 7.09. The number of hydrogen-bond acceptors (Lipinski definition) is 6. The first kappa shape index (κ1) is 19.4. The van der Waals surface area contributed by atoms with Crippen LogP contribution in [0.5, 0.6) is 0 Å². The van der Waals surface area contributed by atoms with Crippen LogP contribution in [0.3, 0.4) is 0 Å². The maximum Gasteiger partial charge on any atom is 0.273 e. The van der Waals surface area contributed by atoms with Gasteiger partial charge in [-0.15, -0.1) is 11.3 Å². The van der Waals surface area contributed by atoms with E-state index in [1.54, 1.807) is 0 Å². The molecular formula is C22H25N5O2S. The van der Waals surface area contributed by atoms with E-state index in [1.807, 2.05) is 40.1 Å². The minimum atomic E-state index is -0.413. The Bertz CT molecular complexity index is 1050. The van der Waals surface area contributed by atoms with Crippen molar-refractivity contribution in [2.24, 2.45) is 5.73 Å². The third-order valence-corrected chi connectivity index (χ3v) is 7.03. The van der Waals surface area contributed by atoms with Crippen LogP contribution >= 0.6 is 11.3 Å². The lowest BCUT2D eigenvalue weighted by Gasteiger charge is -2.42. The van der Waals surface area contributed by atoms with E-state index in [0.717, 1.165) is 35.7 Å². The summed E-state index contributed by atoms with van der Waals surface area (Å²) < 4.78 is 8.26. The third-order valence-electron chi connectivity index (χ3n) is 5.98. The van der Waals surface area contributed by atoms with Crippen molar-refractivity contribution >= 4 is 17.2 Å². The van der Waals surface area contributed by atoms with Gasteiger partial charge in [0.2, 0.25) is 0 Å². The predicted molar refractivity (Wildman–Crippen MR) is 115 cm³/mol. The zero-order chi connectivity index (χ0) is 20.7. The molecule has 1 aromatic carbocycles. The largest absolute Gasteiger partial charge is 0.368 e. The van der Waals surface area contributed by atoms with Crippen LogP contribution in [0.15, 0.2) is 41.9 Å². The number of likely N-dealkylation sites (tertiary alicyclic amines) is 1. The van der Waals surface area contributed by atoms with E-state index in [-0.39, 0.29) is 11.9 Å². The first-order valence-electron chi connectivity index (χ1n) is 10.3. The summed E-state index contributed by atoms with van der Waals surface area (Å²) in [5, 5.41) is 7.51. The van der Waals surface area contributed by atoms with Crippen molar-refractivity contribution in [1.82, 2.24) is 19.7 Å². The van der Waals surface area contributed by atoms with Crippen LogP contribution in [-0.4, -0.2) is 45.3 Å². The number of hydrogen-bond donors (Lipinski definition) is 1. The second kappa shape index (κ2) is 7.61. The molecule has 8 heteroatoms. The minimum absolute atomic E-state index is 0.0288. The Balaban J connectivity index is 1.35. The van der Waals surface area contributed by atoms with Gasteiger partial charge in [0, 0.05) is 24.7 Å². The van der Waals surface area contributed by atoms with Crippen LogP contribution < -0.4 is 5.73 Å². The molecule has 1 atom stereocenters. The molecule has 156 valence electrons. The van der Waals surface area contributed by atoms with Crippen molar-refractivity contribution in [3.05, 3.63) is 63.9 Å². The van der Waals surface area contributed by atoms with Crippen molar-refractivity contribution in [2.45, 2.75) is 37.8 Å². The number of para-hydroxylation sites is 1. The average molecular weight is 424 g/mol. The van der Waals surface area contributed by atoms with Crippen LogP contribution in [0.1, 0.15) is 52.6 Å². The summed E-state index contributed by atoms with van der Waals surface area (Å²) in [5.41, 5.74) is 9.27. The Morgan fingerprint density at radius 2 is 2.03 bits per heavy atom. The summed E-state index contributed by atoms with van der Waals surface area (Å²) in [6.45, 7) is 3.82. The Kier molecular flexibility index (Phi) is 4.92. The molecule has 0 unspecified atom stereocenters. The fraction of sp³-hybridized carbons (Fsp3) is 0.409. The van der Waals surface area contributed by atoms with Gasteiger partial charge < -0.3 is 15.4 Å². The van der Waals surface area contributed by atoms with Crippen LogP contribution in [0.2, 0.25) is 0 Å². The number of nitrogens with two attached hydrogens (primary N) is 1. The lowest BCUT2D eigenvalue weighted by molar-refractivity contribution is -0.0963. The fourth-order valence-electron chi connectivity index (χ4n) is 4.32. The van der Waals surface area contributed by atoms with E-state index in [0.29, 0.717) is 25.4 Å². The molecule has 1 amide bonds. The average Bonchev–Trinajstić information content (AvgIpc) is 3.43. The van der Waals surface area contributed by atoms with Crippen molar-refractivity contribution in [3.8, 4) is 5.69 Å². The van der Waals surface area contributed by atoms with Gasteiger partial charge in [-0.05, 0) is 43.9 Å². The topological polar surface area (TPSA) is 86.3 Å². The maximum atomic E-state index is 12.9. The number of nitrogens with zero attached hydrogens (tertiary/aromatic N) is 4. The molecular weight excluding hydrogens is 398 g/mol. The van der Waals surface area contributed by atoms with Crippen LogP contribution in [0.25, 0.3) is 5.69 Å². The minimum Gasteiger partial charge on any atom is -0.368 e. The highest BCUT2D eigenvalue weighted by atomic mass is 32.1. The quantitative estimate of drug-likeness (QED) is 0.700. The number of piperidine rings is 1. The summed E-state index contributed by atoms with van der Waals surface area (Å²) >= 11 is 1.44. The molecule has 30 heavy (non-hydrogen) atoms. The molecule has 2 aliphatic rings. The molecule has 0 bridgehead atoms. The van der Waals surface area contributed by atoms with Crippen molar-refractivity contribution in [2.75, 3.05) is 19.7 Å². The summed E-state index contributed by atoms with van der Waals surface area (Å²) in [4.78, 5) is 19.2. The van der Waals surface area contributed by atoms with Crippen LogP contribution in [0, 0.1) is 0 Å². The number of carbonyl (C=O) groups is 1. The summed E-state index contributed by atoms with van der Waals surface area (Å²) in [6.07, 6.45) is 4.46. The molecule has 1 spiro atoms. The molecule has 2 aliphatic heterocycles. The lowest BCUT2D eigenvalue weighted by Crippen LogP contribution is -2.48. The molecule has 5 rings (SSSR count). The highest BCUT2D eigenvalue weighted by Crippen LogP contribution is 2.41. The van der Waals surface area contributed by atoms with Gasteiger partial charge in [0.1, 0.15) is 16.3 Å². The number of rotatable bonds is 3. The van der Waals surface area contributed by atoms with Gasteiger partial charge in [-0.25, -0.2) is 9.67 Å². The third kappa shape index (κ3) is 3.34. The number of aromatic nitrogens is 3. The van der Waals surface area contributed by atoms with Crippen LogP contribution in [0.4, 0.5) is 0 Å². The highest BCUT2D eigenvalue weighted by Gasteiger charge is 2.44. The van der Waals surface area contributed by atoms with Crippen molar-refractivity contribution in [1.29, 1.82) is 0 Å². The molecule has 1 fully saturated rings. The number of fused-ring (bicyclic) bond motifs is 2. The van der Waals surface area contributed by atoms with Gasteiger partial charge in [-0.2, -0.15) is 5.10 Å². The molecule has 1 saturated heterocycles. The standard InChI is InChI=1S/C22H25N5O2S/c1-15(23)20-24-18(14-30-20)21(28)26-10-8-22(9-11-26)19-16(7-12-29-22)13-27(25-19)17-5-3-2-4-6-17/h2-6,13-15H,7-12,23H2,1H3/t15-/m0/s1. The van der Waals surface area contributed by atoms with E-state index in [9.17, 15) is 4.79 Å². The lowest BCUT2D eigenvalue weighted by atomic mass is 9.83. The zero-order valence-electron chi connectivity index (χ0n) is 17.0. The number of ether oxygens (including phenoxy) is 1. The SMILES string of the molecule is C[C@H](N)c1nc(C(=O)N2CCC3(CC2)OCCc2cn(-c4ccccc4)nc23)cs1. The molecule has 2 N–H and O–H groups in total. The fourth-order valence-corrected chi connectivity index (χ4v) is 5.07. The van der Waals surface area contributed by atoms with Crippen molar-refractivity contribution in [3.63, 3.8) is 0 Å². The van der Waals surface area contributed by atoms with E-state index >= 15 is 0 Å². The number of amides is 1. The Labute approximate surface area is 179 Å². The van der Waals surface area contributed by atoms with Gasteiger partial charge in [-0.3, -0.25) is 4.79 Å². The normalized spacial score (nSPS) is 18.9. The second-order valence-electron chi connectivity index (χ2n) is 8.03. The first-order valence-corrected chi connectivity index (χ1v) is 11.2. The van der Waals surface area contributed by atoms with Crippen LogP contribution in [-0.2, 0) is 16.8 Å². The summed E-state index contributed by atoms with van der Waals surface area (Å²) in [5.74, 6) is -0.0288. The Hall–Kier alpha value is -2.55. The Morgan fingerprint density at radius 3 is 2.73 bits per heavy atom. The summed E-state index contributed by atoms with van der Waals surface area (Å²) in [6, 6.07) is 9.98. The number of carbonyl (C=O) groups excluding carboxylic acids is 1. The molecule has 0 aliphatic carbocycles. The monoisotopic (exact) mass is 423 g/mol. The van der Waals surface area contributed by atoms with E-state index in [1.165, 1.54) is 16.9 Å². The summed E-state index contributed by atoms with van der Waals surface area (Å²) in [7, 11) is 0. The molecule has 0 radical (unpaired) electrons. The molecule has 2 aromatic heterocycles. The molecule has 0 saturated carbocycles. The molecule has 4 heterocycles. The number of thiazole rings is 1. The smallest absolute Gasteiger partial charge is 0.273 e. The Morgan fingerprint density at radius 1 is 1.27 bits per heavy atom. The van der Waals surface area contributed by atoms with E-state index in [2.05, 4.69) is 23.3 Å². The van der Waals surface area contributed by atoms with Crippen molar-refractivity contribution < 1.29 is 9.53 Å². The number of benzene rings is 1.